The van der Waals surface area contributed by atoms with Crippen molar-refractivity contribution in [2.45, 2.75) is 13.0 Å². The maximum atomic E-state index is 5.30. The van der Waals surface area contributed by atoms with Crippen LogP contribution in [0.2, 0.25) is 0 Å². The third-order valence-corrected chi connectivity index (χ3v) is 2.78. The SMILES string of the molecule is C=CCNC(=NCc1ccccn1)NCCc1ccco1.I. The van der Waals surface area contributed by atoms with Gasteiger partial charge in [0.15, 0.2) is 5.96 Å². The number of nitrogens with one attached hydrogen (secondary N) is 2. The second-order valence-corrected chi connectivity index (χ2v) is 4.41. The number of nitrogens with zero attached hydrogens (tertiary/aromatic N) is 2. The van der Waals surface area contributed by atoms with E-state index >= 15 is 0 Å². The zero-order chi connectivity index (χ0) is 14.8. The van der Waals surface area contributed by atoms with Gasteiger partial charge in [0.1, 0.15) is 5.76 Å². The fraction of sp³-hybridized carbons (Fsp3) is 0.250. The Morgan fingerprint density at radius 3 is 2.86 bits per heavy atom. The molecule has 0 spiro atoms. The van der Waals surface area contributed by atoms with Crippen LogP contribution in [-0.2, 0) is 13.0 Å². The molecule has 0 unspecified atom stereocenters. The summed E-state index contributed by atoms with van der Waals surface area (Å²) in [6.07, 6.45) is 6.06. The number of furan rings is 1. The molecule has 2 heterocycles. The second-order valence-electron chi connectivity index (χ2n) is 4.41. The van der Waals surface area contributed by atoms with E-state index in [0.29, 0.717) is 13.1 Å². The molecule has 0 amide bonds. The first-order valence-electron chi connectivity index (χ1n) is 6.94. The van der Waals surface area contributed by atoms with E-state index in [-0.39, 0.29) is 24.0 Å². The van der Waals surface area contributed by atoms with Crippen molar-refractivity contribution in [1.29, 1.82) is 0 Å². The van der Waals surface area contributed by atoms with Crippen LogP contribution >= 0.6 is 24.0 Å². The van der Waals surface area contributed by atoms with Crippen molar-refractivity contribution in [1.82, 2.24) is 15.6 Å². The highest BCUT2D eigenvalue weighted by Crippen LogP contribution is 1.99. The largest absolute Gasteiger partial charge is 0.469 e. The molecule has 0 bridgehead atoms. The molecular weight excluding hydrogens is 391 g/mol. The number of aliphatic imine (C=N–C) groups is 1. The topological polar surface area (TPSA) is 62.5 Å². The third-order valence-electron chi connectivity index (χ3n) is 2.78. The molecule has 0 aromatic carbocycles. The van der Waals surface area contributed by atoms with E-state index in [1.54, 1.807) is 18.5 Å². The number of aromatic nitrogens is 1. The Bertz CT molecular complexity index is 555. The van der Waals surface area contributed by atoms with Gasteiger partial charge in [0.05, 0.1) is 18.5 Å². The van der Waals surface area contributed by atoms with Crippen molar-refractivity contribution in [3.05, 3.63) is 66.9 Å². The van der Waals surface area contributed by atoms with Crippen molar-refractivity contribution in [3.63, 3.8) is 0 Å². The summed E-state index contributed by atoms with van der Waals surface area (Å²) in [6.45, 7) is 5.65. The molecule has 0 aliphatic rings. The van der Waals surface area contributed by atoms with E-state index in [4.69, 9.17) is 4.42 Å². The van der Waals surface area contributed by atoms with Crippen LogP contribution in [0.1, 0.15) is 11.5 Å². The molecule has 5 nitrogen and oxygen atoms in total. The van der Waals surface area contributed by atoms with Crippen LogP contribution < -0.4 is 10.6 Å². The molecule has 0 radical (unpaired) electrons. The van der Waals surface area contributed by atoms with Crippen LogP contribution in [0.15, 0.2) is 64.9 Å². The lowest BCUT2D eigenvalue weighted by Gasteiger charge is -2.10. The van der Waals surface area contributed by atoms with Crippen LogP contribution in [-0.4, -0.2) is 24.0 Å². The molecule has 0 fully saturated rings. The average Bonchev–Trinajstić information content (AvgIpc) is 3.04. The maximum Gasteiger partial charge on any atom is 0.191 e. The van der Waals surface area contributed by atoms with E-state index < -0.39 is 0 Å². The van der Waals surface area contributed by atoms with Gasteiger partial charge in [0.2, 0.25) is 0 Å². The molecule has 2 aromatic rings. The molecule has 0 aliphatic carbocycles. The Hall–Kier alpha value is -1.83. The fourth-order valence-corrected chi connectivity index (χ4v) is 1.75. The lowest BCUT2D eigenvalue weighted by Crippen LogP contribution is -2.38. The van der Waals surface area contributed by atoms with Gasteiger partial charge in [-0.05, 0) is 24.3 Å². The third kappa shape index (κ3) is 6.75. The summed E-state index contributed by atoms with van der Waals surface area (Å²) in [5.74, 6) is 1.70. The summed E-state index contributed by atoms with van der Waals surface area (Å²) in [5, 5.41) is 6.45. The zero-order valence-corrected chi connectivity index (χ0v) is 14.7. The molecule has 0 saturated heterocycles. The first kappa shape index (κ1) is 18.2. The minimum absolute atomic E-state index is 0. The average molecular weight is 412 g/mol. The van der Waals surface area contributed by atoms with Crippen LogP contribution in [0.25, 0.3) is 0 Å². The van der Waals surface area contributed by atoms with E-state index in [1.165, 1.54) is 0 Å². The van der Waals surface area contributed by atoms with E-state index in [9.17, 15) is 0 Å². The highest BCUT2D eigenvalue weighted by atomic mass is 127. The minimum Gasteiger partial charge on any atom is -0.469 e. The monoisotopic (exact) mass is 412 g/mol. The number of hydrogen-bond acceptors (Lipinski definition) is 3. The Kier molecular flexibility index (Phi) is 8.97. The van der Waals surface area contributed by atoms with E-state index in [0.717, 1.165) is 30.4 Å². The van der Waals surface area contributed by atoms with Crippen LogP contribution in [0.5, 0.6) is 0 Å². The highest BCUT2D eigenvalue weighted by Gasteiger charge is 2.00. The standard InChI is InChI=1S/C16H20N4O.HI/c1-2-9-18-16(19-11-8-15-7-5-12-21-15)20-13-14-6-3-4-10-17-14;/h2-7,10,12H,1,8-9,11,13H2,(H2,18,19,20);1H. The molecule has 118 valence electrons. The van der Waals surface area contributed by atoms with Crippen LogP contribution in [0.4, 0.5) is 0 Å². The summed E-state index contributed by atoms with van der Waals surface area (Å²) < 4.78 is 5.30. The van der Waals surface area contributed by atoms with Gasteiger partial charge in [-0.25, -0.2) is 4.99 Å². The Morgan fingerprint density at radius 2 is 2.18 bits per heavy atom. The zero-order valence-electron chi connectivity index (χ0n) is 12.4. The number of guanidine groups is 1. The molecular formula is C16H21IN4O. The van der Waals surface area contributed by atoms with Crippen molar-refractivity contribution in [3.8, 4) is 0 Å². The van der Waals surface area contributed by atoms with Gasteiger partial charge in [-0.3, -0.25) is 4.98 Å². The fourth-order valence-electron chi connectivity index (χ4n) is 1.75. The smallest absolute Gasteiger partial charge is 0.191 e. The summed E-state index contributed by atoms with van der Waals surface area (Å²) in [4.78, 5) is 8.76. The van der Waals surface area contributed by atoms with Gasteiger partial charge in [-0.15, -0.1) is 30.6 Å². The molecule has 2 rings (SSSR count). The van der Waals surface area contributed by atoms with Crippen molar-refractivity contribution in [2.24, 2.45) is 4.99 Å². The van der Waals surface area contributed by atoms with Crippen molar-refractivity contribution < 1.29 is 4.42 Å². The number of hydrogen-bond donors (Lipinski definition) is 2. The predicted octanol–water partition coefficient (Wildman–Crippen LogP) is 2.76. The van der Waals surface area contributed by atoms with Gasteiger partial charge in [-0.1, -0.05) is 12.1 Å². The summed E-state index contributed by atoms with van der Waals surface area (Å²) >= 11 is 0. The number of pyridine rings is 1. The Balaban J connectivity index is 0.00000242. The van der Waals surface area contributed by atoms with E-state index in [1.807, 2.05) is 30.3 Å². The molecule has 0 saturated carbocycles. The minimum atomic E-state index is 0. The first-order valence-corrected chi connectivity index (χ1v) is 6.94. The first-order chi connectivity index (χ1) is 10.4. The normalized spacial score (nSPS) is 10.6. The summed E-state index contributed by atoms with van der Waals surface area (Å²) in [6, 6.07) is 9.66. The molecule has 6 heteroatoms. The van der Waals surface area contributed by atoms with Gasteiger partial charge in [0.25, 0.3) is 0 Å². The lowest BCUT2D eigenvalue weighted by molar-refractivity contribution is 0.507. The Morgan fingerprint density at radius 1 is 1.27 bits per heavy atom. The van der Waals surface area contributed by atoms with Crippen molar-refractivity contribution in [2.75, 3.05) is 13.1 Å². The molecule has 2 aromatic heterocycles. The highest BCUT2D eigenvalue weighted by molar-refractivity contribution is 14.0. The van der Waals surface area contributed by atoms with Gasteiger partial charge in [-0.2, -0.15) is 0 Å². The lowest BCUT2D eigenvalue weighted by atomic mass is 10.3. The number of rotatable bonds is 7. The van der Waals surface area contributed by atoms with Crippen LogP contribution in [0.3, 0.4) is 0 Å². The van der Waals surface area contributed by atoms with Gasteiger partial charge in [0, 0.05) is 25.7 Å². The summed E-state index contributed by atoms with van der Waals surface area (Å²) in [5.41, 5.74) is 0.934. The van der Waals surface area contributed by atoms with Gasteiger partial charge >= 0.3 is 0 Å². The van der Waals surface area contributed by atoms with Crippen LogP contribution in [0, 0.1) is 0 Å². The quantitative estimate of drug-likeness (QED) is 0.318. The van der Waals surface area contributed by atoms with Gasteiger partial charge < -0.3 is 15.1 Å². The predicted molar refractivity (Wildman–Crippen MR) is 99.4 cm³/mol. The van der Waals surface area contributed by atoms with Crippen molar-refractivity contribution >= 4 is 29.9 Å². The molecule has 0 aliphatic heterocycles. The van der Waals surface area contributed by atoms with E-state index in [2.05, 4.69) is 27.2 Å². The molecule has 22 heavy (non-hydrogen) atoms. The maximum absolute atomic E-state index is 5.30. The second kappa shape index (κ2) is 10.8. The Labute approximate surface area is 148 Å². The summed E-state index contributed by atoms with van der Waals surface area (Å²) in [7, 11) is 0. The molecule has 2 N–H and O–H groups in total. The molecule has 0 atom stereocenters. The number of halogens is 1.